The number of aromatic hydroxyl groups is 1. The zero-order valence-corrected chi connectivity index (χ0v) is 19.2. The van der Waals surface area contributed by atoms with Crippen molar-refractivity contribution >= 4 is 22.7 Å². The van der Waals surface area contributed by atoms with Crippen molar-refractivity contribution in [1.82, 2.24) is 9.47 Å². The third-order valence-corrected chi connectivity index (χ3v) is 7.28. The van der Waals surface area contributed by atoms with E-state index in [-0.39, 0.29) is 0 Å². The number of benzene rings is 2. The number of aryl methyl sites for hydroxylation is 2. The van der Waals surface area contributed by atoms with Gasteiger partial charge in [0.2, 0.25) is 0 Å². The molecule has 4 rings (SSSR count). The van der Waals surface area contributed by atoms with E-state index in [0.717, 1.165) is 18.7 Å². The van der Waals surface area contributed by atoms with Gasteiger partial charge in [0.25, 0.3) is 0 Å². The van der Waals surface area contributed by atoms with Crippen molar-refractivity contribution in [3.63, 3.8) is 0 Å². The number of aromatic nitrogens is 1. The number of rotatable bonds is 9. The Labute approximate surface area is 185 Å². The fourth-order valence-electron chi connectivity index (χ4n) is 4.63. The van der Waals surface area contributed by atoms with Gasteiger partial charge in [0, 0.05) is 33.7 Å². The van der Waals surface area contributed by atoms with Crippen LogP contribution in [0, 0.1) is 0 Å². The summed E-state index contributed by atoms with van der Waals surface area (Å²) < 4.78 is 2.55. The molecule has 4 heteroatoms. The van der Waals surface area contributed by atoms with E-state index < -0.39 is 0 Å². The van der Waals surface area contributed by atoms with Gasteiger partial charge in [0.05, 0.1) is 5.69 Å². The van der Waals surface area contributed by atoms with Gasteiger partial charge in [-0.3, -0.25) is 0 Å². The molecule has 0 fully saturated rings. The van der Waals surface area contributed by atoms with Gasteiger partial charge in [-0.05, 0) is 75.6 Å². The van der Waals surface area contributed by atoms with Crippen molar-refractivity contribution in [2.75, 3.05) is 25.9 Å². The largest absolute Gasteiger partial charge is 0.508 e. The Morgan fingerprint density at radius 1 is 1.03 bits per heavy atom. The standard InChI is InChI=1S/C26H34N2OS/c1-3-4-15-27(2)16-8-5-9-17-28-24-11-7-6-10-21(24)22-14-18-30-25-19-20(29)12-13-23(25)26(22)28/h6-7,10-13,19,29H,3-5,8-9,14-18H2,1-2H3. The molecule has 0 saturated heterocycles. The van der Waals surface area contributed by atoms with E-state index in [1.807, 2.05) is 23.9 Å². The number of hydrogen-bond acceptors (Lipinski definition) is 3. The van der Waals surface area contributed by atoms with Crippen molar-refractivity contribution in [2.45, 2.75) is 56.9 Å². The van der Waals surface area contributed by atoms with Crippen LogP contribution in [0.25, 0.3) is 22.2 Å². The summed E-state index contributed by atoms with van der Waals surface area (Å²) in [6, 6.07) is 14.8. The first-order valence-corrected chi connectivity index (χ1v) is 12.4. The molecule has 2 heterocycles. The van der Waals surface area contributed by atoms with Crippen LogP contribution in [0.1, 0.15) is 44.6 Å². The summed E-state index contributed by atoms with van der Waals surface area (Å²) in [6.07, 6.45) is 7.37. The summed E-state index contributed by atoms with van der Waals surface area (Å²) in [5, 5.41) is 11.4. The molecule has 30 heavy (non-hydrogen) atoms. The monoisotopic (exact) mass is 422 g/mol. The Bertz CT molecular complexity index is 994. The average molecular weight is 423 g/mol. The van der Waals surface area contributed by atoms with E-state index in [2.05, 4.69) is 53.8 Å². The van der Waals surface area contributed by atoms with Gasteiger partial charge in [-0.15, -0.1) is 11.8 Å². The van der Waals surface area contributed by atoms with Crippen LogP contribution >= 0.6 is 11.8 Å². The van der Waals surface area contributed by atoms with E-state index >= 15 is 0 Å². The van der Waals surface area contributed by atoms with Crippen LogP contribution in [0.4, 0.5) is 0 Å². The van der Waals surface area contributed by atoms with Crippen LogP contribution in [-0.4, -0.2) is 40.5 Å². The van der Waals surface area contributed by atoms with Crippen molar-refractivity contribution in [3.8, 4) is 17.0 Å². The highest BCUT2D eigenvalue weighted by molar-refractivity contribution is 7.99. The van der Waals surface area contributed by atoms with E-state index in [1.54, 1.807) is 0 Å². The third-order valence-electron chi connectivity index (χ3n) is 6.22. The second-order valence-electron chi connectivity index (χ2n) is 8.49. The topological polar surface area (TPSA) is 28.4 Å². The number of phenolic OH excluding ortho intramolecular Hbond substituents is 1. The molecule has 0 aliphatic carbocycles. The summed E-state index contributed by atoms with van der Waals surface area (Å²) in [5.41, 5.74) is 5.48. The molecule has 1 aromatic heterocycles. The van der Waals surface area contributed by atoms with Gasteiger partial charge in [-0.2, -0.15) is 0 Å². The van der Waals surface area contributed by atoms with E-state index in [4.69, 9.17) is 0 Å². The zero-order chi connectivity index (χ0) is 20.9. The summed E-state index contributed by atoms with van der Waals surface area (Å²) in [7, 11) is 2.25. The van der Waals surface area contributed by atoms with Gasteiger partial charge in [-0.25, -0.2) is 0 Å². The lowest BCUT2D eigenvalue weighted by atomic mass is 10.0. The Morgan fingerprint density at radius 3 is 2.73 bits per heavy atom. The molecule has 0 amide bonds. The SMILES string of the molecule is CCCCN(C)CCCCCn1c2c(c3ccccc31)CCSc1cc(O)ccc1-2. The highest BCUT2D eigenvalue weighted by atomic mass is 32.2. The van der Waals surface area contributed by atoms with Crippen LogP contribution < -0.4 is 0 Å². The molecular weight excluding hydrogens is 388 g/mol. The molecule has 1 aliphatic heterocycles. The van der Waals surface area contributed by atoms with Crippen LogP contribution in [0.2, 0.25) is 0 Å². The molecule has 0 atom stereocenters. The smallest absolute Gasteiger partial charge is 0.116 e. The molecule has 3 aromatic rings. The molecule has 1 N–H and O–H groups in total. The number of para-hydroxylation sites is 1. The van der Waals surface area contributed by atoms with Crippen LogP contribution in [0.15, 0.2) is 47.4 Å². The first-order chi connectivity index (χ1) is 14.7. The van der Waals surface area contributed by atoms with Crippen LogP contribution in [-0.2, 0) is 13.0 Å². The van der Waals surface area contributed by atoms with Crippen molar-refractivity contribution in [1.29, 1.82) is 0 Å². The number of hydrogen-bond donors (Lipinski definition) is 1. The first kappa shape index (κ1) is 21.3. The summed E-state index contributed by atoms with van der Waals surface area (Å²) in [6.45, 7) is 5.73. The molecule has 0 saturated carbocycles. The predicted octanol–water partition coefficient (Wildman–Crippen LogP) is 6.56. The molecular formula is C26H34N2OS. The number of fused-ring (bicyclic) bond motifs is 5. The second kappa shape index (κ2) is 9.93. The van der Waals surface area contributed by atoms with E-state index in [9.17, 15) is 5.11 Å². The quantitative estimate of drug-likeness (QED) is 0.396. The van der Waals surface area contributed by atoms with Gasteiger partial charge < -0.3 is 14.6 Å². The number of nitrogens with zero attached hydrogens (tertiary/aromatic N) is 2. The maximum Gasteiger partial charge on any atom is 0.116 e. The molecule has 0 radical (unpaired) electrons. The fourth-order valence-corrected chi connectivity index (χ4v) is 5.68. The lowest BCUT2D eigenvalue weighted by Gasteiger charge is -2.16. The average Bonchev–Trinajstić information content (AvgIpc) is 2.93. The summed E-state index contributed by atoms with van der Waals surface area (Å²) in [5.74, 6) is 1.42. The van der Waals surface area contributed by atoms with Crippen LogP contribution in [0.5, 0.6) is 5.75 Å². The molecule has 160 valence electrons. The summed E-state index contributed by atoms with van der Waals surface area (Å²) in [4.78, 5) is 3.68. The number of thioether (sulfide) groups is 1. The third kappa shape index (κ3) is 4.55. The normalized spacial score (nSPS) is 13.4. The van der Waals surface area contributed by atoms with Crippen molar-refractivity contribution in [3.05, 3.63) is 48.0 Å². The molecule has 0 bridgehead atoms. The van der Waals surface area contributed by atoms with E-state index in [0.29, 0.717) is 5.75 Å². The Kier molecular flexibility index (Phi) is 7.06. The predicted molar refractivity (Wildman–Crippen MR) is 130 cm³/mol. The fraction of sp³-hybridized carbons (Fsp3) is 0.462. The second-order valence-corrected chi connectivity index (χ2v) is 9.63. The summed E-state index contributed by atoms with van der Waals surface area (Å²) >= 11 is 1.86. The number of phenols is 1. The zero-order valence-electron chi connectivity index (χ0n) is 18.4. The molecule has 3 nitrogen and oxygen atoms in total. The van der Waals surface area contributed by atoms with Gasteiger partial charge in [0.15, 0.2) is 0 Å². The highest BCUT2D eigenvalue weighted by Gasteiger charge is 2.23. The lowest BCUT2D eigenvalue weighted by Crippen LogP contribution is -2.20. The van der Waals surface area contributed by atoms with E-state index in [1.165, 1.54) is 77.8 Å². The maximum atomic E-state index is 10.0. The lowest BCUT2D eigenvalue weighted by molar-refractivity contribution is 0.318. The van der Waals surface area contributed by atoms with Crippen molar-refractivity contribution < 1.29 is 5.11 Å². The van der Waals surface area contributed by atoms with Gasteiger partial charge >= 0.3 is 0 Å². The van der Waals surface area contributed by atoms with Crippen LogP contribution in [0.3, 0.4) is 0 Å². The highest BCUT2D eigenvalue weighted by Crippen LogP contribution is 2.43. The molecule has 1 aliphatic rings. The Morgan fingerprint density at radius 2 is 1.87 bits per heavy atom. The van der Waals surface area contributed by atoms with Gasteiger partial charge in [-0.1, -0.05) is 38.0 Å². The Balaban J connectivity index is 1.56. The minimum Gasteiger partial charge on any atom is -0.508 e. The maximum absolute atomic E-state index is 10.0. The van der Waals surface area contributed by atoms with Gasteiger partial charge in [0.1, 0.15) is 5.75 Å². The minimum atomic E-state index is 0.361. The Hall–Kier alpha value is -1.91. The first-order valence-electron chi connectivity index (χ1n) is 11.4. The minimum absolute atomic E-state index is 0.361. The number of unbranched alkanes of at least 4 members (excludes halogenated alkanes) is 3. The molecule has 2 aromatic carbocycles. The molecule has 0 spiro atoms. The van der Waals surface area contributed by atoms with Crippen molar-refractivity contribution in [2.24, 2.45) is 0 Å². The molecule has 0 unspecified atom stereocenters.